The van der Waals surface area contributed by atoms with E-state index in [2.05, 4.69) is 6.58 Å². The predicted molar refractivity (Wildman–Crippen MR) is 81.7 cm³/mol. The van der Waals surface area contributed by atoms with Crippen molar-refractivity contribution < 1.29 is 14.5 Å². The molecule has 0 saturated heterocycles. The number of carbonyl (C=O) groups excluding carboxylic acids is 1. The monoisotopic (exact) mass is 307 g/mol. The highest BCUT2D eigenvalue weighted by Gasteiger charge is 2.71. The molecule has 0 N–H and O–H groups in total. The molecule has 5 atom stereocenters. The third kappa shape index (κ3) is 2.25. The summed E-state index contributed by atoms with van der Waals surface area (Å²) in [6.07, 6.45) is 3.10. The van der Waals surface area contributed by atoms with Crippen molar-refractivity contribution in [1.82, 2.24) is 0 Å². The van der Waals surface area contributed by atoms with E-state index in [1.165, 1.54) is 5.57 Å². The Morgan fingerprint density at radius 2 is 2.09 bits per heavy atom. The van der Waals surface area contributed by atoms with E-state index in [-0.39, 0.29) is 29.8 Å². The molecule has 3 aliphatic carbocycles. The summed E-state index contributed by atoms with van der Waals surface area (Å²) in [5, 5.41) is 11.3. The van der Waals surface area contributed by atoms with E-state index in [0.717, 1.165) is 19.3 Å². The fraction of sp³-hybridized carbons (Fsp3) is 0.824. The molecule has 0 unspecified atom stereocenters. The van der Waals surface area contributed by atoms with Crippen LogP contribution in [-0.2, 0) is 9.53 Å². The lowest BCUT2D eigenvalue weighted by Crippen LogP contribution is -2.58. The number of esters is 1. The second-order valence-electron chi connectivity index (χ2n) is 8.32. The lowest BCUT2D eigenvalue weighted by molar-refractivity contribution is -0.511. The maximum atomic E-state index is 12.3. The predicted octanol–water partition coefficient (Wildman–Crippen LogP) is 3.21. The summed E-state index contributed by atoms with van der Waals surface area (Å²) in [5.74, 6) is 1.30. The van der Waals surface area contributed by atoms with Crippen LogP contribution < -0.4 is 0 Å². The van der Waals surface area contributed by atoms with Gasteiger partial charge in [0.1, 0.15) is 5.60 Å². The molecule has 0 aromatic rings. The molecular formula is C17H25NO4. The zero-order valence-electron chi connectivity index (χ0n) is 13.6. The number of ether oxygens (including phenoxy) is 1. The molecule has 0 amide bonds. The summed E-state index contributed by atoms with van der Waals surface area (Å²) in [6, 6.07) is 0. The first-order chi connectivity index (χ1) is 10.1. The lowest BCUT2D eigenvalue weighted by Gasteiger charge is -2.55. The summed E-state index contributed by atoms with van der Waals surface area (Å²) >= 11 is 0. The average molecular weight is 307 g/mol. The Bertz CT molecular complexity index is 535. The van der Waals surface area contributed by atoms with Gasteiger partial charge in [-0.25, -0.2) is 0 Å². The topological polar surface area (TPSA) is 69.4 Å². The molecular weight excluding hydrogens is 282 g/mol. The molecule has 122 valence electrons. The average Bonchev–Trinajstić information content (AvgIpc) is 2.84. The molecule has 5 nitrogen and oxygen atoms in total. The van der Waals surface area contributed by atoms with E-state index in [9.17, 15) is 14.9 Å². The third-order valence-corrected chi connectivity index (χ3v) is 5.98. The van der Waals surface area contributed by atoms with Crippen molar-refractivity contribution in [3.8, 4) is 0 Å². The van der Waals surface area contributed by atoms with Gasteiger partial charge in [-0.05, 0) is 63.7 Å². The number of rotatable bonds is 4. The van der Waals surface area contributed by atoms with Crippen LogP contribution in [-0.4, -0.2) is 23.0 Å². The highest BCUT2D eigenvalue weighted by molar-refractivity contribution is 5.71. The minimum Gasteiger partial charge on any atom is -0.460 e. The maximum Gasteiger partial charge on any atom is 0.307 e. The molecule has 3 rings (SSSR count). The van der Waals surface area contributed by atoms with Gasteiger partial charge < -0.3 is 4.74 Å². The number of nitro groups is 1. The van der Waals surface area contributed by atoms with Crippen molar-refractivity contribution in [3.05, 3.63) is 22.3 Å². The molecule has 0 aliphatic heterocycles. The third-order valence-electron chi connectivity index (χ3n) is 5.98. The van der Waals surface area contributed by atoms with Crippen molar-refractivity contribution in [2.75, 3.05) is 6.54 Å². The molecule has 22 heavy (non-hydrogen) atoms. The Morgan fingerprint density at radius 1 is 1.41 bits per heavy atom. The molecule has 3 fully saturated rings. The first kappa shape index (κ1) is 15.5. The number of allylic oxidation sites excluding steroid dienone is 1. The van der Waals surface area contributed by atoms with Crippen LogP contribution in [0.5, 0.6) is 0 Å². The van der Waals surface area contributed by atoms with Crippen LogP contribution >= 0.6 is 0 Å². The number of hydrogen-bond acceptors (Lipinski definition) is 4. The fourth-order valence-corrected chi connectivity index (χ4v) is 5.48. The molecule has 0 bridgehead atoms. The van der Waals surface area contributed by atoms with E-state index in [1.807, 2.05) is 20.8 Å². The van der Waals surface area contributed by atoms with Gasteiger partial charge >= 0.3 is 5.97 Å². The summed E-state index contributed by atoms with van der Waals surface area (Å²) in [4.78, 5) is 23.3. The highest BCUT2D eigenvalue weighted by Crippen LogP contribution is 2.73. The first-order valence-corrected chi connectivity index (χ1v) is 8.15. The van der Waals surface area contributed by atoms with Crippen LogP contribution in [0.25, 0.3) is 0 Å². The Morgan fingerprint density at radius 3 is 2.68 bits per heavy atom. The molecule has 5 heteroatoms. The zero-order valence-corrected chi connectivity index (χ0v) is 13.6. The summed E-state index contributed by atoms with van der Waals surface area (Å²) < 4.78 is 5.45. The van der Waals surface area contributed by atoms with E-state index in [0.29, 0.717) is 17.8 Å². The van der Waals surface area contributed by atoms with Gasteiger partial charge in [-0.1, -0.05) is 12.2 Å². The van der Waals surface area contributed by atoms with Gasteiger partial charge in [-0.3, -0.25) is 14.9 Å². The largest absolute Gasteiger partial charge is 0.460 e. The molecule has 0 aromatic heterocycles. The second-order valence-corrected chi connectivity index (χ2v) is 8.32. The van der Waals surface area contributed by atoms with Crippen LogP contribution in [0.15, 0.2) is 12.2 Å². The van der Waals surface area contributed by atoms with Gasteiger partial charge in [0.2, 0.25) is 6.54 Å². The van der Waals surface area contributed by atoms with Gasteiger partial charge in [0, 0.05) is 4.92 Å². The lowest BCUT2D eigenvalue weighted by atomic mass is 9.47. The molecule has 0 spiro atoms. The van der Waals surface area contributed by atoms with Gasteiger partial charge in [0.25, 0.3) is 0 Å². The highest BCUT2D eigenvalue weighted by atomic mass is 16.6. The summed E-state index contributed by atoms with van der Waals surface area (Å²) in [6.45, 7) is 9.55. The SMILES string of the molecule is C=C1C[C@@H]2[C@@H]3[C@H]1CC[C@@H]3[C@@]2(CC(=O)OC(C)(C)C)C[N+](=O)[O-]. The minimum atomic E-state index is -0.548. The van der Waals surface area contributed by atoms with Crippen LogP contribution in [0, 0.1) is 39.2 Å². The fourth-order valence-electron chi connectivity index (χ4n) is 5.48. The minimum absolute atomic E-state index is 0.113. The smallest absolute Gasteiger partial charge is 0.307 e. The van der Waals surface area contributed by atoms with Gasteiger partial charge in [0.05, 0.1) is 11.8 Å². The first-order valence-electron chi connectivity index (χ1n) is 8.15. The van der Waals surface area contributed by atoms with Gasteiger partial charge in [0.15, 0.2) is 0 Å². The van der Waals surface area contributed by atoms with Crippen LogP contribution in [0.1, 0.15) is 46.5 Å². The van der Waals surface area contributed by atoms with Gasteiger partial charge in [-0.2, -0.15) is 0 Å². The number of carbonyl (C=O) groups is 1. The normalized spacial score (nSPS) is 39.3. The van der Waals surface area contributed by atoms with Crippen molar-refractivity contribution >= 4 is 5.97 Å². The van der Waals surface area contributed by atoms with E-state index >= 15 is 0 Å². The molecule has 3 saturated carbocycles. The maximum absolute atomic E-state index is 12.3. The zero-order chi connectivity index (χ0) is 16.3. The quantitative estimate of drug-likeness (QED) is 0.346. The molecule has 0 heterocycles. The van der Waals surface area contributed by atoms with Crippen LogP contribution in [0.2, 0.25) is 0 Å². The number of hydrogen-bond donors (Lipinski definition) is 0. The van der Waals surface area contributed by atoms with E-state index < -0.39 is 11.0 Å². The van der Waals surface area contributed by atoms with E-state index in [4.69, 9.17) is 4.74 Å². The van der Waals surface area contributed by atoms with Crippen LogP contribution in [0.3, 0.4) is 0 Å². The van der Waals surface area contributed by atoms with E-state index in [1.54, 1.807) is 0 Å². The van der Waals surface area contributed by atoms with Crippen LogP contribution in [0.4, 0.5) is 0 Å². The van der Waals surface area contributed by atoms with Crippen molar-refractivity contribution in [2.45, 2.75) is 52.1 Å². The van der Waals surface area contributed by atoms with Crippen molar-refractivity contribution in [2.24, 2.45) is 29.1 Å². The molecule has 3 aliphatic rings. The Hall–Kier alpha value is -1.39. The summed E-state index contributed by atoms with van der Waals surface area (Å²) in [5.41, 5.74) is 0.185. The second kappa shape index (κ2) is 4.80. The van der Waals surface area contributed by atoms with Gasteiger partial charge in [-0.15, -0.1) is 0 Å². The Labute approximate surface area is 131 Å². The molecule has 0 aromatic carbocycles. The number of nitrogens with zero attached hydrogens (tertiary/aromatic N) is 1. The Kier molecular flexibility index (Phi) is 3.38. The standard InChI is InChI=1S/C17H25NO4/c1-10-7-13-15-11(10)5-6-12(15)17(13,9-18(20)21)8-14(19)22-16(2,3)4/h11-13,15H,1,5-9H2,2-4H3/t11-,12-,13+,15+,17+/m0/s1. The van der Waals surface area contributed by atoms with Crippen molar-refractivity contribution in [1.29, 1.82) is 0 Å². The summed E-state index contributed by atoms with van der Waals surface area (Å²) in [7, 11) is 0. The molecule has 0 radical (unpaired) electrons. The Balaban J connectivity index is 1.83. The van der Waals surface area contributed by atoms with Crippen molar-refractivity contribution in [3.63, 3.8) is 0 Å².